The molecule has 0 N–H and O–H groups in total. The van der Waals surface area contributed by atoms with Crippen LogP contribution < -0.4 is 4.90 Å². The van der Waals surface area contributed by atoms with E-state index >= 15 is 0 Å². The summed E-state index contributed by atoms with van der Waals surface area (Å²) in [5, 5.41) is 0. The number of carbonyl (C=O) groups excluding carboxylic acids is 1. The fourth-order valence-electron chi connectivity index (χ4n) is 4.18. The number of carbonyl (C=O) groups is 1. The van der Waals surface area contributed by atoms with Crippen molar-refractivity contribution in [2.45, 2.75) is 98.3 Å². The van der Waals surface area contributed by atoms with Crippen LogP contribution in [0, 0.1) is 20.8 Å². The van der Waals surface area contributed by atoms with Crippen LogP contribution in [0.3, 0.4) is 0 Å². The third-order valence-corrected chi connectivity index (χ3v) is 6.12. The van der Waals surface area contributed by atoms with Crippen molar-refractivity contribution >= 4 is 11.7 Å². The Morgan fingerprint density at radius 2 is 1.48 bits per heavy atom. The van der Waals surface area contributed by atoms with Gasteiger partial charge in [0.25, 0.3) is 0 Å². The topological polar surface area (TPSA) is 49.3 Å². The Kier molecular flexibility index (Phi) is 10.4. The average Bonchev–Trinajstić information content (AvgIpc) is 2.95. The quantitative estimate of drug-likeness (QED) is 0.467. The molecule has 2 heterocycles. The summed E-state index contributed by atoms with van der Waals surface area (Å²) in [6.07, 6.45) is 13.4. The lowest BCUT2D eigenvalue weighted by Crippen LogP contribution is -2.35. The molecule has 0 aromatic carbocycles. The Morgan fingerprint density at radius 1 is 0.828 bits per heavy atom. The van der Waals surface area contributed by atoms with E-state index in [4.69, 9.17) is 0 Å². The number of anilines is 1. The Hall–Kier alpha value is -1.65. The molecule has 0 atom stereocenters. The maximum absolute atomic E-state index is 12.7. The maximum Gasteiger partial charge on any atom is 0.222 e. The van der Waals surface area contributed by atoms with Crippen LogP contribution in [0.25, 0.3) is 0 Å². The van der Waals surface area contributed by atoms with Gasteiger partial charge in [-0.3, -0.25) is 4.79 Å². The van der Waals surface area contributed by atoms with Crippen LogP contribution in [0.5, 0.6) is 0 Å². The first-order chi connectivity index (χ1) is 14.0. The van der Waals surface area contributed by atoms with Crippen LogP contribution >= 0.6 is 0 Å². The number of hydrogen-bond donors (Lipinski definition) is 0. The molecule has 1 aromatic rings. The first-order valence-corrected chi connectivity index (χ1v) is 11.9. The first kappa shape index (κ1) is 23.6. The lowest BCUT2D eigenvalue weighted by molar-refractivity contribution is -0.131. The lowest BCUT2D eigenvalue weighted by atomic mass is 10.1. The number of hydrogen-bond acceptors (Lipinski definition) is 4. The van der Waals surface area contributed by atoms with Crippen molar-refractivity contribution in [3.8, 4) is 0 Å². The zero-order valence-electron chi connectivity index (χ0n) is 19.3. The highest BCUT2D eigenvalue weighted by atomic mass is 16.2. The molecule has 2 rings (SSSR count). The van der Waals surface area contributed by atoms with E-state index in [1.165, 1.54) is 51.4 Å². The number of amides is 1. The molecule has 0 unspecified atom stereocenters. The predicted molar refractivity (Wildman–Crippen MR) is 121 cm³/mol. The smallest absolute Gasteiger partial charge is 0.222 e. The highest BCUT2D eigenvalue weighted by Crippen LogP contribution is 2.21. The average molecular weight is 403 g/mol. The van der Waals surface area contributed by atoms with Crippen molar-refractivity contribution in [2.75, 3.05) is 31.1 Å². The fraction of sp³-hybridized carbons (Fsp3) is 0.792. The van der Waals surface area contributed by atoms with Crippen LogP contribution in [0.4, 0.5) is 5.82 Å². The number of rotatable bonds is 11. The van der Waals surface area contributed by atoms with Crippen LogP contribution in [0.1, 0.15) is 94.6 Å². The molecule has 0 saturated carbocycles. The Morgan fingerprint density at radius 3 is 2.17 bits per heavy atom. The largest absolute Gasteiger partial charge is 0.354 e. The molecular weight excluding hydrogens is 360 g/mol. The third kappa shape index (κ3) is 7.94. The second-order valence-corrected chi connectivity index (χ2v) is 8.60. The van der Waals surface area contributed by atoms with E-state index in [2.05, 4.69) is 33.6 Å². The van der Waals surface area contributed by atoms with Crippen LogP contribution in [-0.4, -0.2) is 47.0 Å². The van der Waals surface area contributed by atoms with Crippen molar-refractivity contribution in [1.29, 1.82) is 0 Å². The molecular formula is C24H42N4O. The second-order valence-electron chi connectivity index (χ2n) is 8.60. The summed E-state index contributed by atoms with van der Waals surface area (Å²) in [5.74, 6) is 2.20. The predicted octanol–water partition coefficient (Wildman–Crippen LogP) is 5.36. The minimum Gasteiger partial charge on any atom is -0.354 e. The van der Waals surface area contributed by atoms with Gasteiger partial charge in [-0.05, 0) is 33.6 Å². The highest BCUT2D eigenvalue weighted by molar-refractivity contribution is 5.76. The van der Waals surface area contributed by atoms with Crippen LogP contribution in [0.15, 0.2) is 0 Å². The SMILES string of the molecule is CCCCCCCCCCCC(=O)N1CCCN(c2nc(C)nc(C)c2C)CC1. The Labute approximate surface area is 178 Å². The second kappa shape index (κ2) is 12.8. The molecule has 0 radical (unpaired) electrons. The summed E-state index contributed by atoms with van der Waals surface area (Å²) >= 11 is 0. The highest BCUT2D eigenvalue weighted by Gasteiger charge is 2.21. The van der Waals surface area contributed by atoms with Crippen LogP contribution in [-0.2, 0) is 4.79 Å². The molecule has 0 bridgehead atoms. The standard InChI is InChI=1S/C24H42N4O/c1-5-6-7-8-9-10-11-12-13-15-23(29)27-16-14-17-28(19-18-27)24-20(2)21(3)25-22(4)26-24/h5-19H2,1-4H3. The number of aryl methyl sites for hydroxylation is 2. The van der Waals surface area contributed by atoms with Gasteiger partial charge in [-0.1, -0.05) is 58.3 Å². The number of aromatic nitrogens is 2. The van der Waals surface area contributed by atoms with E-state index in [0.717, 1.165) is 61.9 Å². The third-order valence-electron chi connectivity index (χ3n) is 6.12. The van der Waals surface area contributed by atoms with Crippen molar-refractivity contribution in [3.63, 3.8) is 0 Å². The van der Waals surface area contributed by atoms with Gasteiger partial charge in [0, 0.05) is 43.9 Å². The summed E-state index contributed by atoms with van der Waals surface area (Å²) in [7, 11) is 0. The normalized spacial score (nSPS) is 14.9. The molecule has 1 amide bonds. The van der Waals surface area contributed by atoms with Gasteiger partial charge in [0.15, 0.2) is 0 Å². The molecule has 5 heteroatoms. The minimum absolute atomic E-state index is 0.335. The van der Waals surface area contributed by atoms with Gasteiger partial charge in [-0.25, -0.2) is 9.97 Å². The fourth-order valence-corrected chi connectivity index (χ4v) is 4.18. The summed E-state index contributed by atoms with van der Waals surface area (Å²) in [6, 6.07) is 0. The molecule has 29 heavy (non-hydrogen) atoms. The van der Waals surface area contributed by atoms with Gasteiger partial charge in [-0.2, -0.15) is 0 Å². The molecule has 164 valence electrons. The van der Waals surface area contributed by atoms with Crippen molar-refractivity contribution in [1.82, 2.24) is 14.9 Å². The van der Waals surface area contributed by atoms with Gasteiger partial charge in [0.2, 0.25) is 5.91 Å². The Bertz CT molecular complexity index is 632. The summed E-state index contributed by atoms with van der Waals surface area (Å²) in [5.41, 5.74) is 2.21. The van der Waals surface area contributed by atoms with Crippen LogP contribution in [0.2, 0.25) is 0 Å². The summed E-state index contributed by atoms with van der Waals surface area (Å²) in [6.45, 7) is 11.9. The molecule has 5 nitrogen and oxygen atoms in total. The molecule has 1 fully saturated rings. The van der Waals surface area contributed by atoms with Gasteiger partial charge < -0.3 is 9.80 Å². The summed E-state index contributed by atoms with van der Waals surface area (Å²) in [4.78, 5) is 26.2. The zero-order valence-corrected chi connectivity index (χ0v) is 19.3. The number of nitrogens with zero attached hydrogens (tertiary/aromatic N) is 4. The van der Waals surface area contributed by atoms with E-state index in [-0.39, 0.29) is 0 Å². The molecule has 0 aliphatic carbocycles. The molecule has 1 aromatic heterocycles. The van der Waals surface area contributed by atoms with E-state index in [0.29, 0.717) is 12.3 Å². The number of unbranched alkanes of at least 4 members (excludes halogenated alkanes) is 8. The van der Waals surface area contributed by atoms with Gasteiger partial charge in [0.05, 0.1) is 0 Å². The van der Waals surface area contributed by atoms with Crippen molar-refractivity contribution < 1.29 is 4.79 Å². The molecule has 0 spiro atoms. The van der Waals surface area contributed by atoms with E-state index < -0.39 is 0 Å². The van der Waals surface area contributed by atoms with E-state index in [1.807, 2.05) is 13.8 Å². The van der Waals surface area contributed by atoms with E-state index in [9.17, 15) is 4.79 Å². The lowest BCUT2D eigenvalue weighted by Gasteiger charge is -2.25. The monoisotopic (exact) mass is 402 g/mol. The minimum atomic E-state index is 0.335. The first-order valence-electron chi connectivity index (χ1n) is 11.9. The summed E-state index contributed by atoms with van der Waals surface area (Å²) < 4.78 is 0. The van der Waals surface area contributed by atoms with Crippen molar-refractivity contribution in [2.24, 2.45) is 0 Å². The van der Waals surface area contributed by atoms with E-state index in [1.54, 1.807) is 0 Å². The zero-order chi connectivity index (χ0) is 21.1. The molecule has 1 aliphatic rings. The van der Waals surface area contributed by atoms with Crippen molar-refractivity contribution in [3.05, 3.63) is 17.1 Å². The van der Waals surface area contributed by atoms with Gasteiger partial charge in [0.1, 0.15) is 11.6 Å². The molecule has 1 saturated heterocycles. The van der Waals surface area contributed by atoms with Gasteiger partial charge >= 0.3 is 0 Å². The maximum atomic E-state index is 12.7. The van der Waals surface area contributed by atoms with Gasteiger partial charge in [-0.15, -0.1) is 0 Å². The Balaban J connectivity index is 1.69. The molecule has 1 aliphatic heterocycles.